The molecule has 108 valence electrons. The van der Waals surface area contributed by atoms with Crippen molar-refractivity contribution in [2.75, 3.05) is 7.11 Å². The first-order valence-corrected chi connectivity index (χ1v) is 7.33. The standard InChI is InChI=1S/C18H13ClN2O/c1-22-13-5-2-11(3-6-13)15-9-20-10-17-18(15)14-8-12(19)4-7-16(14)21-17/h2-10,21H,1H3. The fourth-order valence-corrected chi connectivity index (χ4v) is 2.98. The van der Waals surface area contributed by atoms with Gasteiger partial charge in [0, 0.05) is 33.1 Å². The van der Waals surface area contributed by atoms with Crippen molar-refractivity contribution in [3.63, 3.8) is 0 Å². The third-order valence-corrected chi connectivity index (χ3v) is 4.10. The first kappa shape index (κ1) is 13.2. The molecule has 1 N–H and O–H groups in total. The number of fused-ring (bicyclic) bond motifs is 3. The van der Waals surface area contributed by atoms with Crippen LogP contribution < -0.4 is 4.74 Å². The first-order chi connectivity index (χ1) is 10.8. The fraction of sp³-hybridized carbons (Fsp3) is 0.0556. The van der Waals surface area contributed by atoms with E-state index in [1.807, 2.05) is 54.9 Å². The van der Waals surface area contributed by atoms with Crippen LogP contribution >= 0.6 is 11.6 Å². The zero-order valence-electron chi connectivity index (χ0n) is 11.9. The molecule has 4 rings (SSSR count). The fourth-order valence-electron chi connectivity index (χ4n) is 2.81. The number of rotatable bonds is 2. The zero-order chi connectivity index (χ0) is 15.1. The number of halogens is 1. The number of ether oxygens (including phenoxy) is 1. The van der Waals surface area contributed by atoms with Crippen LogP contribution in [0.2, 0.25) is 5.02 Å². The third kappa shape index (κ3) is 2.02. The molecule has 2 aromatic carbocycles. The third-order valence-electron chi connectivity index (χ3n) is 3.87. The second-order valence-corrected chi connectivity index (χ2v) is 5.59. The number of pyridine rings is 1. The van der Waals surface area contributed by atoms with Crippen LogP contribution in [0.3, 0.4) is 0 Å². The predicted octanol–water partition coefficient (Wildman–Crippen LogP) is 5.05. The van der Waals surface area contributed by atoms with Crippen molar-refractivity contribution < 1.29 is 4.74 Å². The highest BCUT2D eigenvalue weighted by Crippen LogP contribution is 2.35. The maximum absolute atomic E-state index is 6.17. The Morgan fingerprint density at radius 2 is 1.82 bits per heavy atom. The van der Waals surface area contributed by atoms with Gasteiger partial charge in [0.2, 0.25) is 0 Å². The summed E-state index contributed by atoms with van der Waals surface area (Å²) in [6.45, 7) is 0. The van der Waals surface area contributed by atoms with Gasteiger partial charge >= 0.3 is 0 Å². The van der Waals surface area contributed by atoms with E-state index >= 15 is 0 Å². The molecule has 4 aromatic rings. The molecule has 0 radical (unpaired) electrons. The molecule has 0 bridgehead atoms. The summed E-state index contributed by atoms with van der Waals surface area (Å²) in [6.07, 6.45) is 3.73. The summed E-state index contributed by atoms with van der Waals surface area (Å²) in [5, 5.41) is 2.97. The van der Waals surface area contributed by atoms with Gasteiger partial charge in [0.1, 0.15) is 5.75 Å². The highest BCUT2D eigenvalue weighted by atomic mass is 35.5. The van der Waals surface area contributed by atoms with E-state index in [2.05, 4.69) is 9.97 Å². The summed E-state index contributed by atoms with van der Waals surface area (Å²) in [7, 11) is 1.67. The Bertz CT molecular complexity index is 974. The van der Waals surface area contributed by atoms with Crippen molar-refractivity contribution in [1.82, 2.24) is 9.97 Å². The normalized spacial score (nSPS) is 11.2. The number of methoxy groups -OCH3 is 1. The van der Waals surface area contributed by atoms with Crippen LogP contribution in [0.4, 0.5) is 0 Å². The van der Waals surface area contributed by atoms with Crippen molar-refractivity contribution in [2.45, 2.75) is 0 Å². The SMILES string of the molecule is COc1ccc(-c2cncc3[nH]c4ccc(Cl)cc4c23)cc1. The number of H-pyrrole nitrogens is 1. The second-order valence-electron chi connectivity index (χ2n) is 5.15. The molecule has 0 aliphatic carbocycles. The molecule has 0 aliphatic heterocycles. The summed E-state index contributed by atoms with van der Waals surface area (Å²) in [4.78, 5) is 7.75. The topological polar surface area (TPSA) is 37.9 Å². The van der Waals surface area contributed by atoms with Gasteiger partial charge in [-0.3, -0.25) is 4.98 Å². The van der Waals surface area contributed by atoms with Crippen LogP contribution in [0.5, 0.6) is 5.75 Å². The van der Waals surface area contributed by atoms with Gasteiger partial charge in [0.05, 0.1) is 18.8 Å². The van der Waals surface area contributed by atoms with E-state index in [1.54, 1.807) is 7.11 Å². The molecule has 0 fully saturated rings. The van der Waals surface area contributed by atoms with E-state index in [1.165, 1.54) is 0 Å². The molecule has 0 unspecified atom stereocenters. The van der Waals surface area contributed by atoms with Crippen LogP contribution in [-0.4, -0.2) is 17.1 Å². The molecular weight excluding hydrogens is 296 g/mol. The minimum absolute atomic E-state index is 0.728. The Labute approximate surface area is 132 Å². The maximum atomic E-state index is 6.17. The summed E-state index contributed by atoms with van der Waals surface area (Å²) >= 11 is 6.17. The number of nitrogens with zero attached hydrogens (tertiary/aromatic N) is 1. The van der Waals surface area contributed by atoms with E-state index in [9.17, 15) is 0 Å². The van der Waals surface area contributed by atoms with E-state index in [4.69, 9.17) is 16.3 Å². The second kappa shape index (κ2) is 5.04. The van der Waals surface area contributed by atoms with E-state index in [0.717, 1.165) is 43.7 Å². The average molecular weight is 309 g/mol. The number of nitrogens with one attached hydrogen (secondary N) is 1. The van der Waals surface area contributed by atoms with E-state index < -0.39 is 0 Å². The van der Waals surface area contributed by atoms with Crippen LogP contribution in [0.15, 0.2) is 54.9 Å². The minimum Gasteiger partial charge on any atom is -0.497 e. The van der Waals surface area contributed by atoms with Gasteiger partial charge in [-0.25, -0.2) is 0 Å². The average Bonchev–Trinajstić information content (AvgIpc) is 2.93. The molecule has 4 heteroatoms. The Hall–Kier alpha value is -2.52. The Morgan fingerprint density at radius 1 is 1.00 bits per heavy atom. The zero-order valence-corrected chi connectivity index (χ0v) is 12.7. The summed E-state index contributed by atoms with van der Waals surface area (Å²) in [5.41, 5.74) is 4.24. The molecule has 3 nitrogen and oxygen atoms in total. The predicted molar refractivity (Wildman–Crippen MR) is 90.6 cm³/mol. The van der Waals surface area contributed by atoms with Gasteiger partial charge in [-0.1, -0.05) is 23.7 Å². The molecule has 2 heterocycles. The van der Waals surface area contributed by atoms with Crippen molar-refractivity contribution >= 4 is 33.4 Å². The van der Waals surface area contributed by atoms with E-state index in [-0.39, 0.29) is 0 Å². The van der Waals surface area contributed by atoms with Gasteiger partial charge in [0.15, 0.2) is 0 Å². The molecule has 0 atom stereocenters. The largest absolute Gasteiger partial charge is 0.497 e. The molecule has 0 saturated heterocycles. The van der Waals surface area contributed by atoms with Gasteiger partial charge in [0.25, 0.3) is 0 Å². The summed E-state index contributed by atoms with van der Waals surface area (Å²) in [5.74, 6) is 0.839. The van der Waals surface area contributed by atoms with Crippen molar-refractivity contribution in [2.24, 2.45) is 0 Å². The highest BCUT2D eigenvalue weighted by molar-refractivity contribution is 6.32. The van der Waals surface area contributed by atoms with Crippen LogP contribution in [0, 0.1) is 0 Å². The molecule has 0 aliphatic rings. The molecular formula is C18H13ClN2O. The van der Waals surface area contributed by atoms with Gasteiger partial charge < -0.3 is 9.72 Å². The van der Waals surface area contributed by atoms with Gasteiger partial charge in [-0.05, 0) is 35.9 Å². The maximum Gasteiger partial charge on any atom is 0.118 e. The van der Waals surface area contributed by atoms with Crippen LogP contribution in [0.25, 0.3) is 32.9 Å². The highest BCUT2D eigenvalue weighted by Gasteiger charge is 2.11. The number of benzene rings is 2. The first-order valence-electron chi connectivity index (χ1n) is 6.95. The Morgan fingerprint density at radius 3 is 2.59 bits per heavy atom. The van der Waals surface area contributed by atoms with Crippen LogP contribution in [0.1, 0.15) is 0 Å². The van der Waals surface area contributed by atoms with Crippen molar-refractivity contribution in [3.8, 4) is 16.9 Å². The smallest absolute Gasteiger partial charge is 0.118 e. The number of hydrogen-bond donors (Lipinski definition) is 1. The lowest BCUT2D eigenvalue weighted by atomic mass is 10.0. The Balaban J connectivity index is 2.03. The molecule has 0 saturated carbocycles. The molecule has 22 heavy (non-hydrogen) atoms. The lowest BCUT2D eigenvalue weighted by Gasteiger charge is -2.05. The quantitative estimate of drug-likeness (QED) is 0.563. The lowest BCUT2D eigenvalue weighted by molar-refractivity contribution is 0.415. The minimum atomic E-state index is 0.728. The lowest BCUT2D eigenvalue weighted by Crippen LogP contribution is -1.84. The molecule has 0 amide bonds. The number of hydrogen-bond acceptors (Lipinski definition) is 2. The van der Waals surface area contributed by atoms with Gasteiger partial charge in [-0.15, -0.1) is 0 Å². The van der Waals surface area contributed by atoms with Gasteiger partial charge in [-0.2, -0.15) is 0 Å². The van der Waals surface area contributed by atoms with Crippen LogP contribution in [-0.2, 0) is 0 Å². The molecule has 0 spiro atoms. The monoisotopic (exact) mass is 308 g/mol. The van der Waals surface area contributed by atoms with Crippen molar-refractivity contribution in [3.05, 3.63) is 59.9 Å². The number of aromatic amines is 1. The summed E-state index contributed by atoms with van der Waals surface area (Å²) < 4.78 is 5.22. The van der Waals surface area contributed by atoms with Crippen molar-refractivity contribution in [1.29, 1.82) is 0 Å². The Kier molecular flexibility index (Phi) is 3.01. The summed E-state index contributed by atoms with van der Waals surface area (Å²) in [6, 6.07) is 13.9. The molecule has 2 aromatic heterocycles. The van der Waals surface area contributed by atoms with E-state index in [0.29, 0.717) is 0 Å². The number of aromatic nitrogens is 2.